The Labute approximate surface area is 162 Å². The van der Waals surface area contributed by atoms with E-state index in [0.717, 1.165) is 27.7 Å². The average Bonchev–Trinajstić information content (AvgIpc) is 3.04. The van der Waals surface area contributed by atoms with E-state index >= 15 is 0 Å². The molecular formula is C21H21N5O2. The van der Waals surface area contributed by atoms with Gasteiger partial charge in [0.05, 0.1) is 12.1 Å². The number of ether oxygens (including phenoxy) is 1. The zero-order valence-corrected chi connectivity index (χ0v) is 15.2. The number of hydrogen-bond donors (Lipinski definition) is 5. The zero-order chi connectivity index (χ0) is 20.3. The highest BCUT2D eigenvalue weighted by Gasteiger charge is 2.18. The molecule has 0 atom stereocenters. The highest BCUT2D eigenvalue weighted by molar-refractivity contribution is 6.01. The highest BCUT2D eigenvalue weighted by atomic mass is 16.5. The Morgan fingerprint density at radius 2 is 1.71 bits per heavy atom. The molecule has 0 aliphatic rings. The van der Waals surface area contributed by atoms with Gasteiger partial charge in [-0.25, -0.2) is 0 Å². The Hall–Kier alpha value is -3.87. The minimum absolute atomic E-state index is 0.0116. The van der Waals surface area contributed by atoms with E-state index in [0.29, 0.717) is 11.1 Å². The van der Waals surface area contributed by atoms with Gasteiger partial charge < -0.3 is 21.2 Å². The summed E-state index contributed by atoms with van der Waals surface area (Å²) in [5.41, 5.74) is 15.5. The number of H-pyrrole nitrogens is 1. The number of aromatic amines is 1. The summed E-state index contributed by atoms with van der Waals surface area (Å²) in [7, 11) is 0. The van der Waals surface area contributed by atoms with Crippen LogP contribution in [0.25, 0.3) is 22.2 Å². The van der Waals surface area contributed by atoms with E-state index < -0.39 is 0 Å². The summed E-state index contributed by atoms with van der Waals surface area (Å²) in [4.78, 5) is 15.6. The smallest absolute Gasteiger partial charge is 0.310 e. The molecule has 0 aliphatic heterocycles. The third-order valence-corrected chi connectivity index (χ3v) is 4.39. The van der Waals surface area contributed by atoms with Crippen molar-refractivity contribution in [1.82, 2.24) is 4.98 Å². The number of carbonyl (C=O) groups is 1. The quantitative estimate of drug-likeness (QED) is 0.187. The molecule has 3 aromatic rings. The molecule has 3 rings (SSSR count). The lowest BCUT2D eigenvalue weighted by Gasteiger charge is -2.07. The molecule has 0 bridgehead atoms. The van der Waals surface area contributed by atoms with Crippen LogP contribution in [0.4, 0.5) is 0 Å². The number of benzene rings is 2. The molecule has 0 aliphatic carbocycles. The van der Waals surface area contributed by atoms with Gasteiger partial charge in [0.1, 0.15) is 18.3 Å². The summed E-state index contributed by atoms with van der Waals surface area (Å²) in [5, 5.41) is 16.0. The van der Waals surface area contributed by atoms with Crippen molar-refractivity contribution in [2.45, 2.75) is 6.42 Å². The van der Waals surface area contributed by atoms with Crippen molar-refractivity contribution in [2.24, 2.45) is 11.5 Å². The first-order valence-electron chi connectivity index (χ1n) is 8.61. The van der Waals surface area contributed by atoms with Crippen molar-refractivity contribution >= 4 is 28.5 Å². The first kappa shape index (κ1) is 18.9. The van der Waals surface area contributed by atoms with Crippen LogP contribution < -0.4 is 11.5 Å². The second-order valence-corrected chi connectivity index (χ2v) is 6.29. The second kappa shape index (κ2) is 7.79. The van der Waals surface area contributed by atoms with Gasteiger partial charge in [0.25, 0.3) is 0 Å². The molecule has 0 unspecified atom stereocenters. The lowest BCUT2D eigenvalue weighted by Crippen LogP contribution is -2.10. The van der Waals surface area contributed by atoms with Crippen molar-refractivity contribution in [3.63, 3.8) is 0 Å². The van der Waals surface area contributed by atoms with Gasteiger partial charge in [0.2, 0.25) is 0 Å². The largest absolute Gasteiger partial charge is 0.461 e. The van der Waals surface area contributed by atoms with Crippen LogP contribution in [0.3, 0.4) is 0 Å². The van der Waals surface area contributed by atoms with Crippen LogP contribution in [0, 0.1) is 10.8 Å². The first-order chi connectivity index (χ1) is 13.4. The number of carbonyl (C=O) groups excluding carboxylic acids is 1. The van der Waals surface area contributed by atoms with Gasteiger partial charge in [-0.3, -0.25) is 15.6 Å². The number of nitrogens with one attached hydrogen (secondary N) is 3. The minimum Gasteiger partial charge on any atom is -0.461 e. The molecular weight excluding hydrogens is 354 g/mol. The van der Waals surface area contributed by atoms with E-state index in [4.69, 9.17) is 27.0 Å². The molecule has 142 valence electrons. The lowest BCUT2D eigenvalue weighted by atomic mass is 10.0. The molecule has 0 saturated carbocycles. The van der Waals surface area contributed by atoms with Gasteiger partial charge in [0.15, 0.2) is 0 Å². The molecule has 2 aromatic carbocycles. The predicted molar refractivity (Wildman–Crippen MR) is 111 cm³/mol. The molecule has 0 amide bonds. The molecule has 28 heavy (non-hydrogen) atoms. The number of rotatable bonds is 7. The third-order valence-electron chi connectivity index (χ3n) is 4.39. The molecule has 7 heteroatoms. The monoisotopic (exact) mass is 375 g/mol. The number of esters is 1. The normalized spacial score (nSPS) is 10.6. The number of hydrogen-bond acceptors (Lipinski definition) is 4. The van der Waals surface area contributed by atoms with Crippen molar-refractivity contribution in [2.75, 3.05) is 6.61 Å². The van der Waals surface area contributed by atoms with Crippen LogP contribution >= 0.6 is 0 Å². The summed E-state index contributed by atoms with van der Waals surface area (Å²) in [6.45, 7) is 3.70. The molecule has 0 fully saturated rings. The van der Waals surface area contributed by atoms with E-state index in [1.165, 1.54) is 6.08 Å². The van der Waals surface area contributed by atoms with Crippen LogP contribution in [0.1, 0.15) is 16.7 Å². The fourth-order valence-electron chi connectivity index (χ4n) is 3.02. The molecule has 0 radical (unpaired) electrons. The number of fused-ring (bicyclic) bond motifs is 1. The highest BCUT2D eigenvalue weighted by Crippen LogP contribution is 2.32. The van der Waals surface area contributed by atoms with Crippen LogP contribution in [-0.2, 0) is 16.0 Å². The average molecular weight is 375 g/mol. The minimum atomic E-state index is -0.363. The summed E-state index contributed by atoms with van der Waals surface area (Å²) >= 11 is 0. The Kier molecular flexibility index (Phi) is 5.26. The first-order valence-corrected chi connectivity index (χ1v) is 8.61. The topological polar surface area (TPSA) is 142 Å². The lowest BCUT2D eigenvalue weighted by molar-refractivity contribution is -0.141. The van der Waals surface area contributed by atoms with Crippen molar-refractivity contribution < 1.29 is 9.53 Å². The van der Waals surface area contributed by atoms with Crippen LogP contribution in [0.5, 0.6) is 0 Å². The number of aromatic nitrogens is 1. The molecule has 1 aromatic heterocycles. The van der Waals surface area contributed by atoms with Crippen molar-refractivity contribution in [3.8, 4) is 11.3 Å². The van der Waals surface area contributed by atoms with Gasteiger partial charge in [-0.05, 0) is 17.2 Å². The zero-order valence-electron chi connectivity index (χ0n) is 15.2. The Morgan fingerprint density at radius 1 is 1.07 bits per heavy atom. The number of nitrogens with two attached hydrogens (primary N) is 2. The number of nitrogen functional groups attached to an aromatic ring is 2. The molecule has 7 N–H and O–H groups in total. The molecule has 0 spiro atoms. The Balaban J connectivity index is 2.11. The maximum absolute atomic E-state index is 12.2. The molecule has 1 heterocycles. The van der Waals surface area contributed by atoms with Gasteiger partial charge in [-0.1, -0.05) is 49.1 Å². The Morgan fingerprint density at radius 3 is 2.32 bits per heavy atom. The van der Waals surface area contributed by atoms with Crippen LogP contribution in [0.2, 0.25) is 0 Å². The maximum Gasteiger partial charge on any atom is 0.310 e. The predicted octanol–water partition coefficient (Wildman–Crippen LogP) is 2.67. The van der Waals surface area contributed by atoms with Gasteiger partial charge >= 0.3 is 5.97 Å². The van der Waals surface area contributed by atoms with Crippen molar-refractivity contribution in [1.29, 1.82) is 10.8 Å². The van der Waals surface area contributed by atoms with Gasteiger partial charge in [-0.15, -0.1) is 0 Å². The molecule has 0 saturated heterocycles. The standard InChI is InChI=1S/C21H21N5O2/c1-2-9-28-18(27)11-16-15-8-7-14(21(24)25)10-17(15)26-19(16)12-3-5-13(6-4-12)20(22)23/h2-8,10,26H,1,9,11H2,(H3,22,23)(H3,24,25). The second-order valence-electron chi connectivity index (χ2n) is 6.29. The Bertz CT molecular complexity index is 1080. The van der Waals surface area contributed by atoms with E-state index in [9.17, 15) is 4.79 Å². The van der Waals surface area contributed by atoms with Crippen molar-refractivity contribution in [3.05, 3.63) is 71.8 Å². The van der Waals surface area contributed by atoms with Gasteiger partial charge in [0, 0.05) is 22.0 Å². The molecule has 7 nitrogen and oxygen atoms in total. The number of amidine groups is 2. The summed E-state index contributed by atoms with van der Waals surface area (Å²) in [5.74, 6) is -0.406. The van der Waals surface area contributed by atoms with Crippen LogP contribution in [-0.4, -0.2) is 29.2 Å². The summed E-state index contributed by atoms with van der Waals surface area (Å²) < 4.78 is 5.15. The fraction of sp³-hybridized carbons (Fsp3) is 0.0952. The van der Waals surface area contributed by atoms with E-state index in [1.54, 1.807) is 24.3 Å². The van der Waals surface area contributed by atoms with E-state index in [2.05, 4.69) is 11.6 Å². The summed E-state index contributed by atoms with van der Waals surface area (Å²) in [6.07, 6.45) is 1.60. The fourth-order valence-corrected chi connectivity index (χ4v) is 3.02. The van der Waals surface area contributed by atoms with Crippen LogP contribution in [0.15, 0.2) is 55.1 Å². The summed E-state index contributed by atoms with van der Waals surface area (Å²) in [6, 6.07) is 12.6. The maximum atomic E-state index is 12.2. The third kappa shape index (κ3) is 3.78. The van der Waals surface area contributed by atoms with Gasteiger partial charge in [-0.2, -0.15) is 0 Å². The van der Waals surface area contributed by atoms with E-state index in [-0.39, 0.29) is 30.7 Å². The SMILES string of the molecule is C=CCOC(=O)Cc1c(-c2ccc(C(=N)N)cc2)[nH]c2cc(C(=N)N)ccc12. The van der Waals surface area contributed by atoms with E-state index in [1.807, 2.05) is 18.2 Å².